The topological polar surface area (TPSA) is 85.8 Å². The summed E-state index contributed by atoms with van der Waals surface area (Å²) in [7, 11) is 0. The van der Waals surface area contributed by atoms with Gasteiger partial charge < -0.3 is 5.32 Å². The zero-order valence-electron chi connectivity index (χ0n) is 11.5. The number of aromatic nitrogens is 7. The SMILES string of the molecule is c1cc(CNc2ccc3nnnn3n2)cc(-n2cccn2)c1. The zero-order valence-corrected chi connectivity index (χ0v) is 11.5. The fourth-order valence-corrected chi connectivity index (χ4v) is 2.17. The van der Waals surface area contributed by atoms with Crippen molar-refractivity contribution in [1.82, 2.24) is 35.0 Å². The first-order valence-corrected chi connectivity index (χ1v) is 6.77. The molecule has 3 aromatic heterocycles. The molecule has 0 aliphatic carbocycles. The fraction of sp³-hybridized carbons (Fsp3) is 0.0714. The van der Waals surface area contributed by atoms with Gasteiger partial charge in [0.1, 0.15) is 5.82 Å². The van der Waals surface area contributed by atoms with E-state index in [0.717, 1.165) is 11.3 Å². The number of nitrogens with one attached hydrogen (secondary N) is 1. The highest BCUT2D eigenvalue weighted by Gasteiger charge is 2.02. The van der Waals surface area contributed by atoms with Crippen LogP contribution in [0.3, 0.4) is 0 Å². The van der Waals surface area contributed by atoms with Crippen molar-refractivity contribution in [2.45, 2.75) is 6.54 Å². The summed E-state index contributed by atoms with van der Waals surface area (Å²) in [6.07, 6.45) is 3.68. The van der Waals surface area contributed by atoms with Gasteiger partial charge in [-0.05, 0) is 46.3 Å². The average Bonchev–Trinajstić information content (AvgIpc) is 3.24. The number of anilines is 1. The Kier molecular flexibility index (Phi) is 2.97. The Morgan fingerprint density at radius 1 is 1.09 bits per heavy atom. The minimum Gasteiger partial charge on any atom is -0.365 e. The molecule has 0 radical (unpaired) electrons. The van der Waals surface area contributed by atoms with Gasteiger partial charge in [-0.25, -0.2) is 4.68 Å². The number of rotatable bonds is 4. The van der Waals surface area contributed by atoms with Crippen molar-refractivity contribution in [3.05, 3.63) is 60.4 Å². The summed E-state index contributed by atoms with van der Waals surface area (Å²) in [5.41, 5.74) is 2.77. The van der Waals surface area contributed by atoms with Gasteiger partial charge in [-0.15, -0.1) is 14.8 Å². The van der Waals surface area contributed by atoms with Gasteiger partial charge in [-0.2, -0.15) is 5.10 Å². The minimum atomic E-state index is 0.617. The molecule has 3 heterocycles. The first-order chi connectivity index (χ1) is 10.9. The van der Waals surface area contributed by atoms with E-state index in [1.54, 1.807) is 6.20 Å². The van der Waals surface area contributed by atoms with Crippen molar-refractivity contribution < 1.29 is 0 Å². The normalized spacial score (nSPS) is 10.9. The van der Waals surface area contributed by atoms with Gasteiger partial charge in [0.05, 0.1) is 5.69 Å². The van der Waals surface area contributed by atoms with E-state index < -0.39 is 0 Å². The molecule has 0 atom stereocenters. The Labute approximate surface area is 125 Å². The molecule has 108 valence electrons. The van der Waals surface area contributed by atoms with E-state index in [0.29, 0.717) is 18.0 Å². The van der Waals surface area contributed by atoms with E-state index in [9.17, 15) is 0 Å². The molecular weight excluding hydrogens is 280 g/mol. The van der Waals surface area contributed by atoms with E-state index in [1.807, 2.05) is 41.2 Å². The third kappa shape index (κ3) is 2.37. The Morgan fingerprint density at radius 2 is 2.09 bits per heavy atom. The van der Waals surface area contributed by atoms with E-state index >= 15 is 0 Å². The predicted octanol–water partition coefficient (Wildman–Crippen LogP) is 1.32. The van der Waals surface area contributed by atoms with Gasteiger partial charge in [0, 0.05) is 18.9 Å². The van der Waals surface area contributed by atoms with Crippen molar-refractivity contribution in [2.24, 2.45) is 0 Å². The maximum atomic E-state index is 4.27. The van der Waals surface area contributed by atoms with Gasteiger partial charge in [0.15, 0.2) is 5.65 Å². The average molecular weight is 292 g/mol. The van der Waals surface area contributed by atoms with Gasteiger partial charge in [-0.1, -0.05) is 12.1 Å². The van der Waals surface area contributed by atoms with Crippen LogP contribution in [0.25, 0.3) is 11.3 Å². The number of nitrogens with zero attached hydrogens (tertiary/aromatic N) is 7. The predicted molar refractivity (Wildman–Crippen MR) is 79.5 cm³/mol. The first-order valence-electron chi connectivity index (χ1n) is 6.77. The highest BCUT2D eigenvalue weighted by Crippen LogP contribution is 2.11. The standard InChI is InChI=1S/C14H12N8/c1-3-11(9-12(4-1)21-8-2-7-16-21)10-15-13-5-6-14-17-19-20-22(14)18-13/h1-9H,10H2,(H,15,18). The van der Waals surface area contributed by atoms with Crippen LogP contribution in [0.2, 0.25) is 0 Å². The molecule has 0 saturated carbocycles. The molecule has 1 N–H and O–H groups in total. The fourth-order valence-electron chi connectivity index (χ4n) is 2.17. The molecule has 4 rings (SSSR count). The van der Waals surface area contributed by atoms with E-state index in [4.69, 9.17) is 0 Å². The Hall–Kier alpha value is -3.29. The molecule has 8 nitrogen and oxygen atoms in total. The molecule has 0 spiro atoms. The van der Waals surface area contributed by atoms with Crippen molar-refractivity contribution in [3.8, 4) is 5.69 Å². The van der Waals surface area contributed by atoms with Gasteiger partial charge >= 0.3 is 0 Å². The molecule has 0 aliphatic rings. The van der Waals surface area contributed by atoms with Crippen LogP contribution >= 0.6 is 0 Å². The number of tetrazole rings is 1. The monoisotopic (exact) mass is 292 g/mol. The highest BCUT2D eigenvalue weighted by atomic mass is 15.6. The van der Waals surface area contributed by atoms with E-state index in [2.05, 4.69) is 43.2 Å². The Balaban J connectivity index is 1.52. The van der Waals surface area contributed by atoms with Crippen LogP contribution in [-0.2, 0) is 6.54 Å². The first kappa shape index (κ1) is 12.5. The van der Waals surface area contributed by atoms with E-state index in [1.165, 1.54) is 4.63 Å². The Morgan fingerprint density at radius 3 is 3.00 bits per heavy atom. The highest BCUT2D eigenvalue weighted by molar-refractivity contribution is 5.43. The van der Waals surface area contributed by atoms with Gasteiger partial charge in [0.2, 0.25) is 0 Å². The summed E-state index contributed by atoms with van der Waals surface area (Å²) >= 11 is 0. The molecule has 0 aliphatic heterocycles. The van der Waals surface area contributed by atoms with Crippen molar-refractivity contribution >= 4 is 11.5 Å². The lowest BCUT2D eigenvalue weighted by molar-refractivity contribution is 0.734. The van der Waals surface area contributed by atoms with Crippen molar-refractivity contribution in [3.63, 3.8) is 0 Å². The summed E-state index contributed by atoms with van der Waals surface area (Å²) in [5.74, 6) is 0.712. The summed E-state index contributed by atoms with van der Waals surface area (Å²) in [6, 6.07) is 13.7. The summed E-state index contributed by atoms with van der Waals surface area (Å²) in [5, 5.41) is 22.9. The smallest absolute Gasteiger partial charge is 0.200 e. The molecule has 0 unspecified atom stereocenters. The largest absolute Gasteiger partial charge is 0.365 e. The molecule has 0 fully saturated rings. The minimum absolute atomic E-state index is 0.617. The molecule has 0 amide bonds. The van der Waals surface area contributed by atoms with E-state index in [-0.39, 0.29) is 0 Å². The molecule has 0 bridgehead atoms. The number of benzene rings is 1. The summed E-state index contributed by atoms with van der Waals surface area (Å²) in [6.45, 7) is 0.649. The number of hydrogen-bond acceptors (Lipinski definition) is 6. The molecule has 8 heteroatoms. The molecule has 4 aromatic rings. The van der Waals surface area contributed by atoms with Gasteiger partial charge in [-0.3, -0.25) is 0 Å². The second kappa shape index (κ2) is 5.24. The van der Waals surface area contributed by atoms with Gasteiger partial charge in [0.25, 0.3) is 0 Å². The van der Waals surface area contributed by atoms with Crippen LogP contribution in [0.4, 0.5) is 5.82 Å². The lowest BCUT2D eigenvalue weighted by Crippen LogP contribution is -2.05. The third-order valence-electron chi connectivity index (χ3n) is 3.22. The third-order valence-corrected chi connectivity index (χ3v) is 3.22. The second-order valence-corrected chi connectivity index (χ2v) is 4.72. The summed E-state index contributed by atoms with van der Waals surface area (Å²) in [4.78, 5) is 0. The van der Waals surface area contributed by atoms with Crippen LogP contribution in [0.5, 0.6) is 0 Å². The van der Waals surface area contributed by atoms with Crippen LogP contribution in [-0.4, -0.2) is 35.0 Å². The molecule has 1 aromatic carbocycles. The zero-order chi connectivity index (χ0) is 14.8. The Bertz CT molecular complexity index is 896. The maximum Gasteiger partial charge on any atom is 0.200 e. The maximum absolute atomic E-state index is 4.27. The number of fused-ring (bicyclic) bond motifs is 1. The second-order valence-electron chi connectivity index (χ2n) is 4.72. The molecular formula is C14H12N8. The molecule has 0 saturated heterocycles. The van der Waals surface area contributed by atoms with Crippen molar-refractivity contribution in [1.29, 1.82) is 0 Å². The lowest BCUT2D eigenvalue weighted by Gasteiger charge is -2.07. The van der Waals surface area contributed by atoms with Crippen LogP contribution < -0.4 is 5.32 Å². The molecule has 22 heavy (non-hydrogen) atoms. The van der Waals surface area contributed by atoms with Crippen LogP contribution in [0.1, 0.15) is 5.56 Å². The number of hydrogen-bond donors (Lipinski definition) is 1. The van der Waals surface area contributed by atoms with Crippen molar-refractivity contribution in [2.75, 3.05) is 5.32 Å². The lowest BCUT2D eigenvalue weighted by atomic mass is 10.2. The quantitative estimate of drug-likeness (QED) is 0.610. The summed E-state index contributed by atoms with van der Waals surface area (Å²) < 4.78 is 3.22. The van der Waals surface area contributed by atoms with Crippen LogP contribution in [0, 0.1) is 0 Å². The van der Waals surface area contributed by atoms with Crippen LogP contribution in [0.15, 0.2) is 54.9 Å².